The van der Waals surface area contributed by atoms with Gasteiger partial charge in [0.05, 0.1) is 35.2 Å². The number of aromatic nitrogens is 2. The van der Waals surface area contributed by atoms with E-state index in [1.165, 1.54) is 0 Å². The van der Waals surface area contributed by atoms with Crippen LogP contribution in [0, 0.1) is 0 Å². The normalized spacial score (nSPS) is 10.8. The monoisotopic (exact) mass is 424 g/mol. The predicted molar refractivity (Wildman–Crippen MR) is 98.1 cm³/mol. The lowest BCUT2D eigenvalue weighted by Crippen LogP contribution is -2.26. The van der Waals surface area contributed by atoms with Gasteiger partial charge in [-0.25, -0.2) is 10.5 Å². The van der Waals surface area contributed by atoms with Crippen LogP contribution in [0.1, 0.15) is 10.4 Å². The Bertz CT molecular complexity index is 916. The van der Waals surface area contributed by atoms with Gasteiger partial charge in [-0.3, -0.25) is 9.63 Å². The van der Waals surface area contributed by atoms with Crippen molar-refractivity contribution in [3.8, 4) is 0 Å². The molecule has 0 saturated carbocycles. The fourth-order valence-electron chi connectivity index (χ4n) is 2.20. The van der Waals surface area contributed by atoms with E-state index in [2.05, 4.69) is 31.7 Å². The molecule has 7 nitrogen and oxygen atoms in total. The van der Waals surface area contributed by atoms with Crippen molar-refractivity contribution in [2.24, 2.45) is 0 Å². The number of aliphatic hydroxyl groups excluding tert-OH is 1. The fourth-order valence-corrected chi connectivity index (χ4v) is 2.92. The van der Waals surface area contributed by atoms with Gasteiger partial charge in [0.25, 0.3) is 5.91 Å². The minimum atomic E-state index is -0.459. The summed E-state index contributed by atoms with van der Waals surface area (Å²) in [7, 11) is 0. The lowest BCUT2D eigenvalue weighted by Gasteiger charge is -2.14. The molecule has 0 atom stereocenters. The summed E-state index contributed by atoms with van der Waals surface area (Å²) < 4.78 is 2.57. The summed E-state index contributed by atoms with van der Waals surface area (Å²) in [6.07, 6.45) is 5.00. The van der Waals surface area contributed by atoms with Crippen molar-refractivity contribution >= 4 is 50.5 Å². The number of fused-ring (bicyclic) bond motifs is 1. The van der Waals surface area contributed by atoms with Crippen molar-refractivity contribution in [1.29, 1.82) is 0 Å². The Hall–Kier alpha value is -2.13. The molecule has 1 amide bonds. The minimum Gasteiger partial charge on any atom is -0.394 e. The number of rotatable bonds is 6. The van der Waals surface area contributed by atoms with Crippen LogP contribution >= 0.6 is 27.5 Å². The second-order valence-corrected chi connectivity index (χ2v) is 6.37. The van der Waals surface area contributed by atoms with Gasteiger partial charge in [-0.2, -0.15) is 0 Å². The fraction of sp³-hybridized carbons (Fsp3) is 0.125. The van der Waals surface area contributed by atoms with E-state index >= 15 is 0 Å². The highest BCUT2D eigenvalue weighted by Crippen LogP contribution is 2.30. The summed E-state index contributed by atoms with van der Waals surface area (Å²) >= 11 is 9.60. The molecule has 1 aromatic carbocycles. The van der Waals surface area contributed by atoms with Crippen LogP contribution in [0.5, 0.6) is 0 Å². The third-order valence-electron chi connectivity index (χ3n) is 3.33. The Morgan fingerprint density at radius 1 is 1.36 bits per heavy atom. The van der Waals surface area contributed by atoms with Crippen molar-refractivity contribution in [2.75, 3.05) is 18.5 Å². The number of anilines is 2. The molecule has 25 heavy (non-hydrogen) atoms. The topological polar surface area (TPSA) is 87.9 Å². The highest BCUT2D eigenvalue weighted by Gasteiger charge is 2.15. The number of aliphatic hydroxyl groups is 1. The number of hydroxylamine groups is 1. The number of hydrogen-bond acceptors (Lipinski definition) is 5. The van der Waals surface area contributed by atoms with E-state index in [-0.39, 0.29) is 13.2 Å². The van der Waals surface area contributed by atoms with Crippen LogP contribution in [0.25, 0.3) is 5.65 Å². The molecule has 2 heterocycles. The van der Waals surface area contributed by atoms with Gasteiger partial charge < -0.3 is 14.8 Å². The van der Waals surface area contributed by atoms with Gasteiger partial charge in [0.15, 0.2) is 0 Å². The zero-order valence-corrected chi connectivity index (χ0v) is 15.2. The summed E-state index contributed by atoms with van der Waals surface area (Å²) in [6, 6.07) is 7.12. The average molecular weight is 426 g/mol. The maximum atomic E-state index is 12.4. The first kappa shape index (κ1) is 17.7. The summed E-state index contributed by atoms with van der Waals surface area (Å²) in [4.78, 5) is 21.5. The molecule has 0 bridgehead atoms. The molecular weight excluding hydrogens is 412 g/mol. The third-order valence-corrected chi connectivity index (χ3v) is 4.14. The van der Waals surface area contributed by atoms with Gasteiger partial charge >= 0.3 is 0 Å². The van der Waals surface area contributed by atoms with E-state index in [4.69, 9.17) is 21.5 Å². The van der Waals surface area contributed by atoms with Crippen LogP contribution in [0.3, 0.4) is 0 Å². The minimum absolute atomic E-state index is 0.000359. The highest BCUT2D eigenvalue weighted by atomic mass is 79.9. The molecule has 0 aliphatic rings. The highest BCUT2D eigenvalue weighted by molar-refractivity contribution is 9.10. The molecule has 9 heteroatoms. The summed E-state index contributed by atoms with van der Waals surface area (Å²) in [5, 5.41) is 12.4. The number of carbonyl (C=O) groups excluding carboxylic acids is 1. The number of hydrogen-bond donors (Lipinski definition) is 3. The molecule has 0 fully saturated rings. The molecule has 0 unspecified atom stereocenters. The van der Waals surface area contributed by atoms with Crippen molar-refractivity contribution in [3.63, 3.8) is 0 Å². The van der Waals surface area contributed by atoms with Crippen LogP contribution in [0.15, 0.2) is 47.3 Å². The quantitative estimate of drug-likeness (QED) is 0.417. The first-order valence-corrected chi connectivity index (χ1v) is 8.47. The predicted octanol–water partition coefficient (Wildman–Crippen LogP) is 3.15. The average Bonchev–Trinajstić information content (AvgIpc) is 3.04. The summed E-state index contributed by atoms with van der Waals surface area (Å²) in [5.41, 5.74) is 4.46. The third kappa shape index (κ3) is 4.10. The Morgan fingerprint density at radius 2 is 2.20 bits per heavy atom. The lowest BCUT2D eigenvalue weighted by molar-refractivity contribution is 0.0168. The molecule has 0 spiro atoms. The molecule has 0 aliphatic heterocycles. The number of amides is 1. The van der Waals surface area contributed by atoms with E-state index in [1.54, 1.807) is 41.2 Å². The van der Waals surface area contributed by atoms with Crippen molar-refractivity contribution in [3.05, 3.63) is 57.9 Å². The largest absolute Gasteiger partial charge is 0.394 e. The summed E-state index contributed by atoms with van der Waals surface area (Å²) in [6.45, 7) is -0.194. The SMILES string of the molecule is O=C(NOCCO)c1cn2ccnc2cc1Nc1ccc(Br)cc1Cl. The van der Waals surface area contributed by atoms with Crippen LogP contribution in [-0.4, -0.2) is 33.6 Å². The van der Waals surface area contributed by atoms with Gasteiger partial charge in [-0.05, 0) is 18.2 Å². The zero-order chi connectivity index (χ0) is 17.8. The molecule has 130 valence electrons. The van der Waals surface area contributed by atoms with Gasteiger partial charge in [-0.15, -0.1) is 0 Å². The van der Waals surface area contributed by atoms with E-state index in [1.807, 2.05) is 6.07 Å². The van der Waals surface area contributed by atoms with Crippen LogP contribution in [0.2, 0.25) is 5.02 Å². The van der Waals surface area contributed by atoms with Crippen molar-refractivity contribution in [2.45, 2.75) is 0 Å². The van der Waals surface area contributed by atoms with E-state index in [0.29, 0.717) is 27.6 Å². The Labute approximate surface area is 156 Å². The molecule has 0 aliphatic carbocycles. The number of benzene rings is 1. The number of nitrogens with zero attached hydrogens (tertiary/aromatic N) is 2. The number of carbonyl (C=O) groups is 1. The zero-order valence-electron chi connectivity index (χ0n) is 12.9. The van der Waals surface area contributed by atoms with Crippen LogP contribution in [-0.2, 0) is 4.84 Å². The van der Waals surface area contributed by atoms with Gasteiger partial charge in [0.1, 0.15) is 5.65 Å². The van der Waals surface area contributed by atoms with Gasteiger partial charge in [-0.1, -0.05) is 27.5 Å². The smallest absolute Gasteiger partial charge is 0.278 e. The lowest BCUT2D eigenvalue weighted by atomic mass is 10.2. The van der Waals surface area contributed by atoms with Crippen molar-refractivity contribution in [1.82, 2.24) is 14.9 Å². The van der Waals surface area contributed by atoms with E-state index < -0.39 is 5.91 Å². The molecule has 3 N–H and O–H groups in total. The molecule has 3 aromatic rings. The van der Waals surface area contributed by atoms with Gasteiger partial charge in [0.2, 0.25) is 0 Å². The van der Waals surface area contributed by atoms with Crippen LogP contribution in [0.4, 0.5) is 11.4 Å². The standard InChI is InChI=1S/C16H14BrClN4O3/c17-10-1-2-13(12(18)7-10)20-14-8-15-19-3-4-22(15)9-11(14)16(24)21-25-6-5-23/h1-4,7-9,20,23H,5-6H2,(H,21,24). The number of halogens is 2. The molecule has 3 rings (SSSR count). The maximum Gasteiger partial charge on any atom is 0.278 e. The van der Waals surface area contributed by atoms with Crippen molar-refractivity contribution < 1.29 is 14.7 Å². The van der Waals surface area contributed by atoms with E-state index in [0.717, 1.165) is 4.47 Å². The molecular formula is C16H14BrClN4O3. The van der Waals surface area contributed by atoms with E-state index in [9.17, 15) is 4.79 Å². The van der Waals surface area contributed by atoms with Crippen LogP contribution < -0.4 is 10.8 Å². The second kappa shape index (κ2) is 7.83. The molecule has 0 radical (unpaired) electrons. The maximum absolute atomic E-state index is 12.4. The number of imidazole rings is 1. The number of pyridine rings is 1. The first-order valence-electron chi connectivity index (χ1n) is 7.30. The molecule has 2 aromatic heterocycles. The first-order chi connectivity index (χ1) is 12.1. The number of nitrogens with one attached hydrogen (secondary N) is 2. The van der Waals surface area contributed by atoms with Gasteiger partial charge in [0, 0.05) is 29.1 Å². The molecule has 0 saturated heterocycles. The Balaban J connectivity index is 1.96. The summed E-state index contributed by atoms with van der Waals surface area (Å²) in [5.74, 6) is -0.459. The Morgan fingerprint density at radius 3 is 2.96 bits per heavy atom. The Kier molecular flexibility index (Phi) is 5.54. The second-order valence-electron chi connectivity index (χ2n) is 5.05.